The van der Waals surface area contributed by atoms with Gasteiger partial charge in [0, 0.05) is 11.8 Å². The van der Waals surface area contributed by atoms with Crippen LogP contribution in [0.1, 0.15) is 25.7 Å². The van der Waals surface area contributed by atoms with Gasteiger partial charge < -0.3 is 14.4 Å². The Balaban J connectivity index is 1.35. The number of aromatic nitrogens is 4. The van der Waals surface area contributed by atoms with Gasteiger partial charge in [-0.3, -0.25) is 0 Å². The van der Waals surface area contributed by atoms with E-state index >= 15 is 0 Å². The summed E-state index contributed by atoms with van der Waals surface area (Å²) in [6.07, 6.45) is 5.22. The Morgan fingerprint density at radius 1 is 1.04 bits per heavy atom. The zero-order valence-corrected chi connectivity index (χ0v) is 15.1. The molecule has 0 aliphatic carbocycles. The third kappa shape index (κ3) is 4.07. The first kappa shape index (κ1) is 16.7. The normalized spacial score (nSPS) is 17.6. The molecule has 1 fully saturated rings. The molecule has 0 saturated carbocycles. The fraction of sp³-hybridized carbons (Fsp3) is 0.588. The van der Waals surface area contributed by atoms with Crippen LogP contribution in [0.3, 0.4) is 0 Å². The maximum absolute atomic E-state index is 5.65. The van der Waals surface area contributed by atoms with Crippen LogP contribution in [-0.4, -0.2) is 63.7 Å². The molecule has 2 aliphatic rings. The fourth-order valence-corrected chi connectivity index (χ4v) is 4.04. The molecule has 0 spiro atoms. The number of benzene rings is 1. The second-order valence-corrected chi connectivity index (χ2v) is 7.37. The zero-order chi connectivity index (χ0) is 16.9. The molecule has 0 radical (unpaired) electrons. The molecule has 8 heteroatoms. The summed E-state index contributed by atoms with van der Waals surface area (Å²) >= 11 is 1.70. The minimum Gasteiger partial charge on any atom is -0.486 e. The lowest BCUT2D eigenvalue weighted by atomic mass is 10.1. The number of fused-ring (bicyclic) bond motifs is 1. The molecule has 0 N–H and O–H groups in total. The van der Waals surface area contributed by atoms with E-state index in [4.69, 9.17) is 9.47 Å². The van der Waals surface area contributed by atoms with Crippen molar-refractivity contribution in [3.05, 3.63) is 18.2 Å². The molecule has 0 bridgehead atoms. The second-order valence-electron chi connectivity index (χ2n) is 6.31. The van der Waals surface area contributed by atoms with Crippen LogP contribution in [-0.2, 0) is 0 Å². The van der Waals surface area contributed by atoms with Gasteiger partial charge in [0.15, 0.2) is 11.5 Å². The first-order chi connectivity index (χ1) is 12.4. The Labute approximate surface area is 151 Å². The molecule has 0 amide bonds. The lowest BCUT2D eigenvalue weighted by molar-refractivity contribution is 0.171. The highest BCUT2D eigenvalue weighted by molar-refractivity contribution is 7.99. The number of likely N-dealkylation sites (tertiary alicyclic amines) is 1. The van der Waals surface area contributed by atoms with Gasteiger partial charge in [-0.15, -0.1) is 5.10 Å². The van der Waals surface area contributed by atoms with Crippen LogP contribution in [0, 0.1) is 0 Å². The molecular weight excluding hydrogens is 338 g/mol. The quantitative estimate of drug-likeness (QED) is 0.578. The second kappa shape index (κ2) is 8.05. The molecule has 1 aromatic carbocycles. The summed E-state index contributed by atoms with van der Waals surface area (Å²) in [5, 5.41) is 13.0. The van der Waals surface area contributed by atoms with Crippen LogP contribution in [0.25, 0.3) is 5.69 Å². The van der Waals surface area contributed by atoms with Crippen molar-refractivity contribution in [3.8, 4) is 17.2 Å². The van der Waals surface area contributed by atoms with E-state index < -0.39 is 0 Å². The number of tetrazole rings is 1. The summed E-state index contributed by atoms with van der Waals surface area (Å²) < 4.78 is 13.0. The largest absolute Gasteiger partial charge is 0.486 e. The van der Waals surface area contributed by atoms with Crippen LogP contribution >= 0.6 is 11.8 Å². The average Bonchev–Trinajstić information content (AvgIpc) is 3.14. The number of piperidine rings is 1. The molecule has 1 aromatic heterocycles. The standard InChI is InChI=1S/C17H23N5O2S/c1-2-7-21(8-3-1)9-4-12-25-17-18-19-20-22(17)14-5-6-15-16(13-14)24-11-10-23-15/h5-6,13H,1-4,7-12H2. The number of thioether (sulfide) groups is 1. The lowest BCUT2D eigenvalue weighted by Gasteiger charge is -2.26. The SMILES string of the molecule is c1cc2c(cc1-n1nnnc1SCCCN1CCCCC1)OCCO2. The predicted molar refractivity (Wildman–Crippen MR) is 95.8 cm³/mol. The van der Waals surface area contributed by atoms with Crippen LogP contribution < -0.4 is 9.47 Å². The topological polar surface area (TPSA) is 65.3 Å². The van der Waals surface area contributed by atoms with Crippen molar-refractivity contribution >= 4 is 11.8 Å². The molecule has 25 heavy (non-hydrogen) atoms. The summed E-state index contributed by atoms with van der Waals surface area (Å²) in [7, 11) is 0. The summed E-state index contributed by atoms with van der Waals surface area (Å²) in [6, 6.07) is 5.81. The highest BCUT2D eigenvalue weighted by Gasteiger charge is 2.16. The predicted octanol–water partition coefficient (Wildman–Crippen LogP) is 2.40. The molecule has 2 aromatic rings. The molecule has 3 heterocycles. The maximum atomic E-state index is 5.65. The van der Waals surface area contributed by atoms with Gasteiger partial charge in [-0.2, -0.15) is 4.68 Å². The fourth-order valence-electron chi connectivity index (χ4n) is 3.23. The highest BCUT2D eigenvalue weighted by atomic mass is 32.2. The van der Waals surface area contributed by atoms with E-state index in [-0.39, 0.29) is 0 Å². The Morgan fingerprint density at radius 2 is 1.88 bits per heavy atom. The summed E-state index contributed by atoms with van der Waals surface area (Å²) in [6.45, 7) is 4.83. The number of nitrogens with zero attached hydrogens (tertiary/aromatic N) is 5. The third-order valence-corrected chi connectivity index (χ3v) is 5.52. The van der Waals surface area contributed by atoms with E-state index in [1.807, 2.05) is 18.2 Å². The number of ether oxygens (including phenoxy) is 2. The smallest absolute Gasteiger partial charge is 0.214 e. The zero-order valence-electron chi connectivity index (χ0n) is 14.3. The van der Waals surface area contributed by atoms with Crippen molar-refractivity contribution in [3.63, 3.8) is 0 Å². The van der Waals surface area contributed by atoms with E-state index in [2.05, 4.69) is 20.4 Å². The number of hydrogen-bond donors (Lipinski definition) is 0. The van der Waals surface area contributed by atoms with E-state index in [1.54, 1.807) is 16.4 Å². The lowest BCUT2D eigenvalue weighted by Crippen LogP contribution is -2.30. The van der Waals surface area contributed by atoms with Gasteiger partial charge in [0.2, 0.25) is 5.16 Å². The van der Waals surface area contributed by atoms with Crippen molar-refractivity contribution < 1.29 is 9.47 Å². The van der Waals surface area contributed by atoms with Crippen molar-refractivity contribution in [2.45, 2.75) is 30.8 Å². The summed E-state index contributed by atoms with van der Waals surface area (Å²) in [5.41, 5.74) is 0.896. The molecule has 4 rings (SSSR count). The number of hydrogen-bond acceptors (Lipinski definition) is 7. The minimum atomic E-state index is 0.574. The summed E-state index contributed by atoms with van der Waals surface area (Å²) in [5.74, 6) is 2.54. The summed E-state index contributed by atoms with van der Waals surface area (Å²) in [4.78, 5) is 2.56. The van der Waals surface area contributed by atoms with Crippen molar-refractivity contribution in [2.24, 2.45) is 0 Å². The van der Waals surface area contributed by atoms with Crippen LogP contribution in [0.15, 0.2) is 23.4 Å². The Bertz CT molecular complexity index is 702. The molecule has 134 valence electrons. The van der Waals surface area contributed by atoms with Gasteiger partial charge in [0.05, 0.1) is 5.69 Å². The molecule has 2 aliphatic heterocycles. The molecular formula is C17H23N5O2S. The molecule has 0 atom stereocenters. The molecule has 7 nitrogen and oxygen atoms in total. The Kier molecular flexibility index (Phi) is 5.37. The van der Waals surface area contributed by atoms with Crippen molar-refractivity contribution in [1.29, 1.82) is 0 Å². The average molecular weight is 361 g/mol. The van der Waals surface area contributed by atoms with Gasteiger partial charge in [0.25, 0.3) is 0 Å². The highest BCUT2D eigenvalue weighted by Crippen LogP contribution is 2.32. The number of rotatable bonds is 6. The van der Waals surface area contributed by atoms with E-state index in [0.717, 1.165) is 34.5 Å². The Morgan fingerprint density at radius 3 is 2.76 bits per heavy atom. The Hall–Kier alpha value is -1.80. The van der Waals surface area contributed by atoms with Crippen LogP contribution in [0.5, 0.6) is 11.5 Å². The van der Waals surface area contributed by atoms with Crippen LogP contribution in [0.4, 0.5) is 0 Å². The van der Waals surface area contributed by atoms with Gasteiger partial charge in [-0.05, 0) is 61.5 Å². The molecule has 0 unspecified atom stereocenters. The van der Waals surface area contributed by atoms with Gasteiger partial charge in [-0.1, -0.05) is 18.2 Å². The van der Waals surface area contributed by atoms with Gasteiger partial charge in [0.1, 0.15) is 13.2 Å². The van der Waals surface area contributed by atoms with Crippen molar-refractivity contribution in [2.75, 3.05) is 38.6 Å². The maximum Gasteiger partial charge on any atom is 0.214 e. The molecule has 1 saturated heterocycles. The van der Waals surface area contributed by atoms with Crippen molar-refractivity contribution in [1.82, 2.24) is 25.1 Å². The van der Waals surface area contributed by atoms with Gasteiger partial charge >= 0.3 is 0 Å². The van der Waals surface area contributed by atoms with Crippen LogP contribution in [0.2, 0.25) is 0 Å². The minimum absolute atomic E-state index is 0.574. The van der Waals surface area contributed by atoms with E-state index in [1.165, 1.54) is 38.9 Å². The van der Waals surface area contributed by atoms with Gasteiger partial charge in [-0.25, -0.2) is 0 Å². The monoisotopic (exact) mass is 361 g/mol. The first-order valence-corrected chi connectivity index (χ1v) is 9.92. The van der Waals surface area contributed by atoms with E-state index in [9.17, 15) is 0 Å². The first-order valence-electron chi connectivity index (χ1n) is 8.94. The van der Waals surface area contributed by atoms with E-state index in [0.29, 0.717) is 13.2 Å². The third-order valence-electron chi connectivity index (χ3n) is 4.51.